The number of imidazole rings is 1. The Balaban J connectivity index is 2.13. The lowest BCUT2D eigenvalue weighted by Gasteiger charge is -2.02. The molecule has 0 spiro atoms. The number of hydrogen-bond acceptors (Lipinski definition) is 4. The first kappa shape index (κ1) is 11.2. The smallest absolute Gasteiger partial charge is 0.181 e. The molecule has 3 heterocycles. The van der Waals surface area contributed by atoms with Crippen LogP contribution in [0.3, 0.4) is 0 Å². The van der Waals surface area contributed by atoms with E-state index in [-0.39, 0.29) is 0 Å². The molecule has 1 N–H and O–H groups in total. The highest BCUT2D eigenvalue weighted by Gasteiger charge is 2.09. The zero-order valence-corrected chi connectivity index (χ0v) is 11.2. The Morgan fingerprint density at radius 3 is 2.94 bits per heavy atom. The molecular formula is C12H10BrN5. The molecule has 3 aromatic heterocycles. The Hall–Kier alpha value is -1.95. The highest BCUT2D eigenvalue weighted by atomic mass is 79.9. The molecule has 0 saturated heterocycles. The molecular weight excluding hydrogens is 294 g/mol. The van der Waals surface area contributed by atoms with E-state index in [0.717, 1.165) is 21.6 Å². The molecule has 0 aliphatic heterocycles. The number of hydrogen-bond donors (Lipinski definition) is 1. The van der Waals surface area contributed by atoms with Gasteiger partial charge in [-0.1, -0.05) is 6.07 Å². The van der Waals surface area contributed by atoms with Gasteiger partial charge < -0.3 is 9.72 Å². The van der Waals surface area contributed by atoms with Gasteiger partial charge in [0.25, 0.3) is 0 Å². The van der Waals surface area contributed by atoms with Gasteiger partial charge in [0.1, 0.15) is 17.2 Å². The Labute approximate surface area is 112 Å². The van der Waals surface area contributed by atoms with Crippen molar-refractivity contribution in [3.8, 4) is 11.5 Å². The van der Waals surface area contributed by atoms with Crippen molar-refractivity contribution in [2.75, 3.05) is 12.4 Å². The lowest BCUT2D eigenvalue weighted by molar-refractivity contribution is 1.13. The first-order valence-electron chi connectivity index (χ1n) is 5.42. The van der Waals surface area contributed by atoms with E-state index in [9.17, 15) is 0 Å². The lowest BCUT2D eigenvalue weighted by atomic mass is 10.4. The van der Waals surface area contributed by atoms with Gasteiger partial charge in [0.05, 0.1) is 4.47 Å². The molecule has 0 radical (unpaired) electrons. The van der Waals surface area contributed by atoms with E-state index < -0.39 is 0 Å². The number of halogens is 1. The van der Waals surface area contributed by atoms with E-state index in [2.05, 4.69) is 36.2 Å². The molecule has 18 heavy (non-hydrogen) atoms. The molecule has 0 unspecified atom stereocenters. The molecule has 6 heteroatoms. The predicted molar refractivity (Wildman–Crippen MR) is 73.5 cm³/mol. The number of rotatable bonds is 2. The molecule has 0 amide bonds. The molecule has 3 aromatic rings. The average molecular weight is 304 g/mol. The van der Waals surface area contributed by atoms with Gasteiger partial charge in [0, 0.05) is 25.6 Å². The summed E-state index contributed by atoms with van der Waals surface area (Å²) in [6.07, 6.45) is 5.58. The van der Waals surface area contributed by atoms with Gasteiger partial charge in [0.15, 0.2) is 5.82 Å². The van der Waals surface area contributed by atoms with Crippen molar-refractivity contribution in [1.82, 2.24) is 19.4 Å². The van der Waals surface area contributed by atoms with Crippen molar-refractivity contribution >= 4 is 27.4 Å². The number of nitrogens with one attached hydrogen (secondary N) is 1. The fraction of sp³-hybridized carbons (Fsp3) is 0.0833. The highest BCUT2D eigenvalue weighted by Crippen LogP contribution is 2.22. The third-order valence-electron chi connectivity index (χ3n) is 2.57. The van der Waals surface area contributed by atoms with Crippen LogP contribution in [-0.4, -0.2) is 26.4 Å². The van der Waals surface area contributed by atoms with Gasteiger partial charge in [-0.15, -0.1) is 0 Å². The average Bonchev–Trinajstić information content (AvgIpc) is 2.83. The molecule has 3 rings (SSSR count). The van der Waals surface area contributed by atoms with E-state index in [1.54, 1.807) is 6.20 Å². The second kappa shape index (κ2) is 4.38. The molecule has 0 atom stereocenters. The SMILES string of the molecule is CNc1nc(-c2cn3ccccc3n2)ncc1Br. The van der Waals surface area contributed by atoms with Crippen LogP contribution in [0.4, 0.5) is 5.82 Å². The van der Waals surface area contributed by atoms with Gasteiger partial charge in [-0.25, -0.2) is 15.0 Å². The molecule has 5 nitrogen and oxygen atoms in total. The van der Waals surface area contributed by atoms with E-state index in [0.29, 0.717) is 5.82 Å². The fourth-order valence-electron chi connectivity index (χ4n) is 1.71. The van der Waals surface area contributed by atoms with Crippen LogP contribution >= 0.6 is 15.9 Å². The van der Waals surface area contributed by atoms with E-state index in [1.807, 2.05) is 42.0 Å². The molecule has 0 saturated carbocycles. The normalized spacial score (nSPS) is 10.8. The summed E-state index contributed by atoms with van der Waals surface area (Å²) < 4.78 is 2.78. The van der Waals surface area contributed by atoms with Crippen LogP contribution < -0.4 is 5.32 Å². The van der Waals surface area contributed by atoms with Gasteiger partial charge in [0.2, 0.25) is 0 Å². The van der Waals surface area contributed by atoms with Gasteiger partial charge in [-0.2, -0.15) is 0 Å². The Morgan fingerprint density at radius 1 is 1.28 bits per heavy atom. The third kappa shape index (κ3) is 1.84. The van der Waals surface area contributed by atoms with Crippen molar-refractivity contribution in [2.24, 2.45) is 0 Å². The summed E-state index contributed by atoms with van der Waals surface area (Å²) in [7, 11) is 1.82. The summed E-state index contributed by atoms with van der Waals surface area (Å²) in [5.41, 5.74) is 1.63. The van der Waals surface area contributed by atoms with Gasteiger partial charge >= 0.3 is 0 Å². The first-order valence-corrected chi connectivity index (χ1v) is 6.21. The van der Waals surface area contributed by atoms with Crippen LogP contribution in [0, 0.1) is 0 Å². The number of aromatic nitrogens is 4. The first-order chi connectivity index (χ1) is 8.78. The van der Waals surface area contributed by atoms with Crippen molar-refractivity contribution in [3.05, 3.63) is 41.3 Å². The van der Waals surface area contributed by atoms with Crippen LogP contribution in [0.25, 0.3) is 17.2 Å². The summed E-state index contributed by atoms with van der Waals surface area (Å²) in [6, 6.07) is 5.86. The lowest BCUT2D eigenvalue weighted by Crippen LogP contribution is -1.97. The maximum Gasteiger partial charge on any atom is 0.181 e. The monoisotopic (exact) mass is 303 g/mol. The summed E-state index contributed by atoms with van der Waals surface area (Å²) in [5.74, 6) is 1.35. The molecule has 0 bridgehead atoms. The van der Waals surface area contributed by atoms with Crippen LogP contribution in [0.15, 0.2) is 41.3 Å². The zero-order valence-electron chi connectivity index (χ0n) is 9.63. The van der Waals surface area contributed by atoms with Crippen molar-refractivity contribution in [1.29, 1.82) is 0 Å². The minimum absolute atomic E-state index is 0.603. The summed E-state index contributed by atoms with van der Waals surface area (Å²) in [5, 5.41) is 3.01. The topological polar surface area (TPSA) is 55.1 Å². The fourth-order valence-corrected chi connectivity index (χ4v) is 2.10. The highest BCUT2D eigenvalue weighted by molar-refractivity contribution is 9.10. The zero-order chi connectivity index (χ0) is 12.5. The van der Waals surface area contributed by atoms with E-state index in [1.165, 1.54) is 0 Å². The summed E-state index contributed by atoms with van der Waals surface area (Å²) in [6.45, 7) is 0. The van der Waals surface area contributed by atoms with Crippen molar-refractivity contribution in [3.63, 3.8) is 0 Å². The second-order valence-corrected chi connectivity index (χ2v) is 4.59. The van der Waals surface area contributed by atoms with Crippen LogP contribution in [-0.2, 0) is 0 Å². The van der Waals surface area contributed by atoms with Crippen molar-refractivity contribution in [2.45, 2.75) is 0 Å². The summed E-state index contributed by atoms with van der Waals surface area (Å²) >= 11 is 3.38. The maximum atomic E-state index is 4.48. The Bertz CT molecular complexity index is 674. The van der Waals surface area contributed by atoms with Crippen LogP contribution in [0.1, 0.15) is 0 Å². The number of anilines is 1. The quantitative estimate of drug-likeness (QED) is 0.790. The second-order valence-electron chi connectivity index (χ2n) is 3.73. The molecule has 0 fully saturated rings. The molecule has 90 valence electrons. The van der Waals surface area contributed by atoms with E-state index in [4.69, 9.17) is 0 Å². The standard InChI is InChI=1S/C12H10BrN5/c1-14-11-8(13)6-15-12(17-11)9-7-18-5-3-2-4-10(18)16-9/h2-7H,1H3,(H,14,15,17). The molecule has 0 aliphatic carbocycles. The number of nitrogens with zero attached hydrogens (tertiary/aromatic N) is 4. The largest absolute Gasteiger partial charge is 0.372 e. The molecule has 0 aliphatic rings. The number of pyridine rings is 1. The minimum atomic E-state index is 0.603. The molecule has 0 aromatic carbocycles. The number of fused-ring (bicyclic) bond motifs is 1. The third-order valence-corrected chi connectivity index (χ3v) is 3.15. The Morgan fingerprint density at radius 2 is 2.17 bits per heavy atom. The summed E-state index contributed by atoms with van der Waals surface area (Å²) in [4.78, 5) is 13.2. The van der Waals surface area contributed by atoms with Gasteiger partial charge in [-0.05, 0) is 28.1 Å². The van der Waals surface area contributed by atoms with Crippen LogP contribution in [0.2, 0.25) is 0 Å². The van der Waals surface area contributed by atoms with E-state index >= 15 is 0 Å². The minimum Gasteiger partial charge on any atom is -0.372 e. The van der Waals surface area contributed by atoms with Gasteiger partial charge in [-0.3, -0.25) is 0 Å². The van der Waals surface area contributed by atoms with Crippen molar-refractivity contribution < 1.29 is 0 Å². The Kier molecular flexibility index (Phi) is 2.71. The maximum absolute atomic E-state index is 4.48. The van der Waals surface area contributed by atoms with Crippen LogP contribution in [0.5, 0.6) is 0 Å². The predicted octanol–water partition coefficient (Wildman–Crippen LogP) is 2.60.